The highest BCUT2D eigenvalue weighted by atomic mass is 15.2. The number of unbranched alkanes of at least 4 members (excludes halogenated alkanes) is 1. The zero-order valence-electron chi connectivity index (χ0n) is 10.1. The molecule has 2 nitrogen and oxygen atoms in total. The van der Waals surface area contributed by atoms with E-state index in [0.717, 1.165) is 18.5 Å². The number of hydrogen-bond acceptors (Lipinski definition) is 2. The first kappa shape index (κ1) is 12.0. The Morgan fingerprint density at radius 3 is 2.79 bits per heavy atom. The van der Waals surface area contributed by atoms with Crippen LogP contribution >= 0.6 is 0 Å². The molecule has 84 valence electrons. The second kappa shape index (κ2) is 6.41. The van der Waals surface area contributed by atoms with Crippen molar-refractivity contribution >= 4 is 0 Å². The standard InChI is InChI=1S/C12H26N2/c1-11-7-6-10-14(12(11)2)9-5-4-8-13-3/h11-13H,4-10H2,1-3H3. The molecule has 0 spiro atoms. The zero-order valence-corrected chi connectivity index (χ0v) is 10.1. The molecule has 2 atom stereocenters. The zero-order chi connectivity index (χ0) is 10.4. The molecule has 1 aliphatic rings. The van der Waals surface area contributed by atoms with Crippen molar-refractivity contribution in [3.05, 3.63) is 0 Å². The summed E-state index contributed by atoms with van der Waals surface area (Å²) in [6.07, 6.45) is 5.48. The lowest BCUT2D eigenvalue weighted by atomic mass is 9.92. The largest absolute Gasteiger partial charge is 0.320 e. The summed E-state index contributed by atoms with van der Waals surface area (Å²) in [6, 6.07) is 0.804. The third-order valence-corrected chi connectivity index (χ3v) is 3.63. The molecule has 1 saturated heterocycles. The number of hydrogen-bond donors (Lipinski definition) is 1. The van der Waals surface area contributed by atoms with Gasteiger partial charge >= 0.3 is 0 Å². The Kier molecular flexibility index (Phi) is 5.49. The topological polar surface area (TPSA) is 15.3 Å². The van der Waals surface area contributed by atoms with E-state index in [9.17, 15) is 0 Å². The van der Waals surface area contributed by atoms with Gasteiger partial charge in [-0.15, -0.1) is 0 Å². The Hall–Kier alpha value is -0.0800. The lowest BCUT2D eigenvalue weighted by Gasteiger charge is -2.37. The second-order valence-corrected chi connectivity index (χ2v) is 4.71. The average molecular weight is 198 g/mol. The molecule has 1 rings (SSSR count). The van der Waals surface area contributed by atoms with E-state index in [-0.39, 0.29) is 0 Å². The van der Waals surface area contributed by atoms with E-state index >= 15 is 0 Å². The van der Waals surface area contributed by atoms with Gasteiger partial charge in [-0.05, 0) is 65.2 Å². The molecule has 0 amide bonds. The lowest BCUT2D eigenvalue weighted by molar-refractivity contribution is 0.112. The van der Waals surface area contributed by atoms with Crippen molar-refractivity contribution in [2.75, 3.05) is 26.7 Å². The number of piperidine rings is 1. The number of nitrogens with zero attached hydrogens (tertiary/aromatic N) is 1. The molecule has 0 radical (unpaired) electrons. The molecule has 1 N–H and O–H groups in total. The van der Waals surface area contributed by atoms with Crippen LogP contribution in [0.1, 0.15) is 39.5 Å². The van der Waals surface area contributed by atoms with Gasteiger partial charge in [-0.1, -0.05) is 6.92 Å². The fourth-order valence-electron chi connectivity index (χ4n) is 2.35. The molecule has 0 aromatic carbocycles. The van der Waals surface area contributed by atoms with E-state index in [1.165, 1.54) is 38.8 Å². The van der Waals surface area contributed by atoms with Crippen molar-refractivity contribution in [1.82, 2.24) is 10.2 Å². The lowest BCUT2D eigenvalue weighted by Crippen LogP contribution is -2.42. The van der Waals surface area contributed by atoms with Crippen molar-refractivity contribution < 1.29 is 0 Å². The van der Waals surface area contributed by atoms with Crippen molar-refractivity contribution in [3.63, 3.8) is 0 Å². The molecule has 1 heterocycles. The number of rotatable bonds is 5. The first-order chi connectivity index (χ1) is 6.75. The minimum absolute atomic E-state index is 0.804. The van der Waals surface area contributed by atoms with E-state index in [4.69, 9.17) is 0 Å². The number of likely N-dealkylation sites (tertiary alicyclic amines) is 1. The summed E-state index contributed by atoms with van der Waals surface area (Å²) in [4.78, 5) is 2.67. The summed E-state index contributed by atoms with van der Waals surface area (Å²) in [5, 5.41) is 3.21. The Morgan fingerprint density at radius 1 is 1.29 bits per heavy atom. The first-order valence-electron chi connectivity index (χ1n) is 6.14. The molecule has 2 unspecified atom stereocenters. The predicted octanol–water partition coefficient (Wildman–Crippen LogP) is 2.11. The molecular formula is C12H26N2. The van der Waals surface area contributed by atoms with Crippen LogP contribution in [0.4, 0.5) is 0 Å². The van der Waals surface area contributed by atoms with Crippen LogP contribution in [0.25, 0.3) is 0 Å². The molecule has 0 bridgehead atoms. The summed E-state index contributed by atoms with van der Waals surface area (Å²) < 4.78 is 0. The Balaban J connectivity index is 2.15. The molecule has 2 heteroatoms. The van der Waals surface area contributed by atoms with E-state index < -0.39 is 0 Å². The van der Waals surface area contributed by atoms with Gasteiger partial charge in [0.15, 0.2) is 0 Å². The molecule has 0 saturated carbocycles. The van der Waals surface area contributed by atoms with Crippen LogP contribution in [-0.2, 0) is 0 Å². The maximum Gasteiger partial charge on any atom is 0.00925 e. The maximum absolute atomic E-state index is 3.21. The Morgan fingerprint density at radius 2 is 2.07 bits per heavy atom. The highest BCUT2D eigenvalue weighted by Crippen LogP contribution is 2.22. The normalized spacial score (nSPS) is 29.4. The van der Waals surface area contributed by atoms with E-state index in [2.05, 4.69) is 24.1 Å². The SMILES string of the molecule is CNCCCCN1CCCC(C)C1C. The molecule has 1 fully saturated rings. The monoisotopic (exact) mass is 198 g/mol. The van der Waals surface area contributed by atoms with Crippen LogP contribution in [-0.4, -0.2) is 37.6 Å². The third kappa shape index (κ3) is 3.58. The fourth-order valence-corrected chi connectivity index (χ4v) is 2.35. The van der Waals surface area contributed by atoms with Gasteiger partial charge in [0.25, 0.3) is 0 Å². The van der Waals surface area contributed by atoms with Crippen LogP contribution in [0.15, 0.2) is 0 Å². The summed E-state index contributed by atoms with van der Waals surface area (Å²) in [5.74, 6) is 0.896. The van der Waals surface area contributed by atoms with E-state index in [0.29, 0.717) is 0 Å². The van der Waals surface area contributed by atoms with Crippen molar-refractivity contribution in [1.29, 1.82) is 0 Å². The molecule has 1 aliphatic heterocycles. The van der Waals surface area contributed by atoms with Crippen LogP contribution < -0.4 is 5.32 Å². The maximum atomic E-state index is 3.21. The van der Waals surface area contributed by atoms with Gasteiger partial charge < -0.3 is 10.2 Å². The smallest absolute Gasteiger partial charge is 0.00925 e. The van der Waals surface area contributed by atoms with Gasteiger partial charge in [0.2, 0.25) is 0 Å². The van der Waals surface area contributed by atoms with Crippen LogP contribution in [0.5, 0.6) is 0 Å². The minimum atomic E-state index is 0.804. The third-order valence-electron chi connectivity index (χ3n) is 3.63. The van der Waals surface area contributed by atoms with Gasteiger partial charge in [0.05, 0.1) is 0 Å². The van der Waals surface area contributed by atoms with Gasteiger partial charge in [-0.3, -0.25) is 0 Å². The Labute approximate surface area is 89.1 Å². The summed E-state index contributed by atoms with van der Waals surface area (Å²) >= 11 is 0. The quantitative estimate of drug-likeness (QED) is 0.681. The average Bonchev–Trinajstić information content (AvgIpc) is 2.19. The molecule has 0 aliphatic carbocycles. The predicted molar refractivity (Wildman–Crippen MR) is 62.6 cm³/mol. The minimum Gasteiger partial charge on any atom is -0.320 e. The summed E-state index contributed by atoms with van der Waals surface area (Å²) in [5.41, 5.74) is 0. The number of nitrogens with one attached hydrogen (secondary N) is 1. The second-order valence-electron chi connectivity index (χ2n) is 4.71. The highest BCUT2D eigenvalue weighted by Gasteiger charge is 2.23. The van der Waals surface area contributed by atoms with Crippen LogP contribution in [0.3, 0.4) is 0 Å². The molecule has 0 aromatic heterocycles. The van der Waals surface area contributed by atoms with Gasteiger partial charge in [0.1, 0.15) is 0 Å². The summed E-state index contributed by atoms with van der Waals surface area (Å²) in [6.45, 7) is 8.57. The highest BCUT2D eigenvalue weighted by molar-refractivity contribution is 4.78. The summed E-state index contributed by atoms with van der Waals surface area (Å²) in [7, 11) is 2.03. The van der Waals surface area contributed by atoms with Crippen molar-refractivity contribution in [3.8, 4) is 0 Å². The van der Waals surface area contributed by atoms with Crippen LogP contribution in [0, 0.1) is 5.92 Å². The first-order valence-corrected chi connectivity index (χ1v) is 6.14. The van der Waals surface area contributed by atoms with E-state index in [1.807, 2.05) is 7.05 Å². The molecular weight excluding hydrogens is 172 g/mol. The Bertz CT molecular complexity index is 147. The molecule has 14 heavy (non-hydrogen) atoms. The van der Waals surface area contributed by atoms with Gasteiger partial charge in [-0.25, -0.2) is 0 Å². The molecule has 0 aromatic rings. The van der Waals surface area contributed by atoms with Crippen molar-refractivity contribution in [2.45, 2.75) is 45.6 Å². The van der Waals surface area contributed by atoms with Gasteiger partial charge in [-0.2, -0.15) is 0 Å². The van der Waals surface area contributed by atoms with Gasteiger partial charge in [0, 0.05) is 6.04 Å². The van der Waals surface area contributed by atoms with E-state index in [1.54, 1.807) is 0 Å². The van der Waals surface area contributed by atoms with Crippen molar-refractivity contribution in [2.24, 2.45) is 5.92 Å². The van der Waals surface area contributed by atoms with Crippen LogP contribution in [0.2, 0.25) is 0 Å². The fraction of sp³-hybridized carbons (Fsp3) is 1.00.